The highest BCUT2D eigenvalue weighted by atomic mass is 16.5. The van der Waals surface area contributed by atoms with Crippen molar-refractivity contribution in [1.82, 2.24) is 9.97 Å². The van der Waals surface area contributed by atoms with Crippen LogP contribution in [0.4, 0.5) is 0 Å². The molecule has 0 saturated heterocycles. The Morgan fingerprint density at radius 3 is 2.85 bits per heavy atom. The van der Waals surface area contributed by atoms with Crippen molar-refractivity contribution < 1.29 is 4.74 Å². The van der Waals surface area contributed by atoms with Crippen LogP contribution in [0, 0.1) is 5.92 Å². The van der Waals surface area contributed by atoms with Crippen LogP contribution in [0.1, 0.15) is 19.5 Å². The predicted molar refractivity (Wildman–Crippen MR) is 50.3 cm³/mol. The maximum atomic E-state index is 5.43. The summed E-state index contributed by atoms with van der Waals surface area (Å²) in [4.78, 5) is 7.94. The number of nitrogens with zero attached hydrogens (tertiary/aromatic N) is 2. The molecule has 0 aromatic carbocycles. The van der Waals surface area contributed by atoms with E-state index in [0.29, 0.717) is 24.9 Å². The third-order valence-corrected chi connectivity index (χ3v) is 1.47. The van der Waals surface area contributed by atoms with Gasteiger partial charge in [-0.15, -0.1) is 0 Å². The van der Waals surface area contributed by atoms with Crippen molar-refractivity contribution in [2.24, 2.45) is 11.7 Å². The Bertz CT molecular complexity index is 263. The van der Waals surface area contributed by atoms with Crippen molar-refractivity contribution in [3.63, 3.8) is 0 Å². The van der Waals surface area contributed by atoms with Crippen LogP contribution in [0.15, 0.2) is 12.4 Å². The van der Waals surface area contributed by atoms with Gasteiger partial charge in [0.15, 0.2) is 0 Å². The first-order valence-electron chi connectivity index (χ1n) is 4.36. The van der Waals surface area contributed by atoms with Crippen LogP contribution in [0.25, 0.3) is 0 Å². The molecule has 0 saturated carbocycles. The van der Waals surface area contributed by atoms with Gasteiger partial charge in [0.25, 0.3) is 0 Å². The zero-order chi connectivity index (χ0) is 9.68. The highest BCUT2D eigenvalue weighted by molar-refractivity contribution is 5.12. The number of nitrogens with two attached hydrogens (primary N) is 1. The standard InChI is InChI=1S/C9H15N3O/c1-7(2)5-13-9-3-8(4-10)11-6-12-9/h3,6-7H,4-5,10H2,1-2H3. The Kier molecular flexibility index (Phi) is 3.64. The molecule has 0 aliphatic rings. The molecular weight excluding hydrogens is 166 g/mol. The molecule has 0 aliphatic carbocycles. The molecule has 0 fully saturated rings. The van der Waals surface area contributed by atoms with Gasteiger partial charge in [0.05, 0.1) is 12.3 Å². The lowest BCUT2D eigenvalue weighted by Crippen LogP contribution is -2.07. The fourth-order valence-electron chi connectivity index (χ4n) is 0.820. The van der Waals surface area contributed by atoms with E-state index in [9.17, 15) is 0 Å². The molecule has 13 heavy (non-hydrogen) atoms. The molecule has 0 atom stereocenters. The summed E-state index contributed by atoms with van der Waals surface area (Å²) in [6, 6.07) is 1.77. The average Bonchev–Trinajstić information content (AvgIpc) is 2.15. The summed E-state index contributed by atoms with van der Waals surface area (Å²) in [7, 11) is 0. The number of rotatable bonds is 4. The first-order chi connectivity index (χ1) is 6.22. The molecule has 1 aromatic rings. The van der Waals surface area contributed by atoms with Crippen molar-refractivity contribution in [2.75, 3.05) is 6.61 Å². The van der Waals surface area contributed by atoms with Gasteiger partial charge < -0.3 is 10.5 Å². The van der Waals surface area contributed by atoms with Gasteiger partial charge in [-0.3, -0.25) is 0 Å². The molecule has 0 bridgehead atoms. The zero-order valence-electron chi connectivity index (χ0n) is 8.03. The topological polar surface area (TPSA) is 61.0 Å². The Hall–Kier alpha value is -1.16. The van der Waals surface area contributed by atoms with Crippen LogP contribution in [-0.4, -0.2) is 16.6 Å². The number of hydrogen-bond donors (Lipinski definition) is 1. The molecule has 2 N–H and O–H groups in total. The van der Waals surface area contributed by atoms with E-state index >= 15 is 0 Å². The van der Waals surface area contributed by atoms with Crippen LogP contribution < -0.4 is 10.5 Å². The van der Waals surface area contributed by atoms with Crippen LogP contribution in [0.3, 0.4) is 0 Å². The van der Waals surface area contributed by atoms with E-state index in [4.69, 9.17) is 10.5 Å². The summed E-state index contributed by atoms with van der Waals surface area (Å²) in [6.07, 6.45) is 1.47. The Balaban J connectivity index is 2.56. The zero-order valence-corrected chi connectivity index (χ0v) is 8.03. The highest BCUT2D eigenvalue weighted by Crippen LogP contribution is 2.07. The molecule has 0 spiro atoms. The van der Waals surface area contributed by atoms with E-state index in [1.807, 2.05) is 0 Å². The molecule has 1 heterocycles. The van der Waals surface area contributed by atoms with E-state index in [0.717, 1.165) is 5.69 Å². The van der Waals surface area contributed by atoms with Crippen LogP contribution in [0.2, 0.25) is 0 Å². The Labute approximate surface area is 78.1 Å². The second-order valence-corrected chi connectivity index (χ2v) is 3.26. The van der Waals surface area contributed by atoms with E-state index in [-0.39, 0.29) is 0 Å². The second kappa shape index (κ2) is 4.77. The molecule has 4 heteroatoms. The summed E-state index contributed by atoms with van der Waals surface area (Å²) in [5.74, 6) is 1.10. The molecule has 4 nitrogen and oxygen atoms in total. The third-order valence-electron chi connectivity index (χ3n) is 1.47. The SMILES string of the molecule is CC(C)COc1cc(CN)ncn1. The monoisotopic (exact) mass is 181 g/mol. The summed E-state index contributed by atoms with van der Waals surface area (Å²) >= 11 is 0. The van der Waals surface area contributed by atoms with Gasteiger partial charge in [0.2, 0.25) is 5.88 Å². The molecule has 0 unspecified atom stereocenters. The molecule has 1 aromatic heterocycles. The van der Waals surface area contributed by atoms with Crippen molar-refractivity contribution in [2.45, 2.75) is 20.4 Å². The van der Waals surface area contributed by atoms with Crippen LogP contribution in [-0.2, 0) is 6.54 Å². The lowest BCUT2D eigenvalue weighted by atomic mass is 10.2. The van der Waals surface area contributed by atoms with Gasteiger partial charge in [-0.25, -0.2) is 9.97 Å². The lowest BCUT2D eigenvalue weighted by Gasteiger charge is -2.07. The third kappa shape index (κ3) is 3.38. The van der Waals surface area contributed by atoms with E-state index < -0.39 is 0 Å². The van der Waals surface area contributed by atoms with Crippen molar-refractivity contribution in [3.8, 4) is 5.88 Å². The van der Waals surface area contributed by atoms with Crippen molar-refractivity contribution in [3.05, 3.63) is 18.1 Å². The van der Waals surface area contributed by atoms with Gasteiger partial charge in [0.1, 0.15) is 6.33 Å². The second-order valence-electron chi connectivity index (χ2n) is 3.26. The highest BCUT2D eigenvalue weighted by Gasteiger charge is 1.99. The normalized spacial score (nSPS) is 10.5. The van der Waals surface area contributed by atoms with Crippen molar-refractivity contribution >= 4 is 0 Å². The van der Waals surface area contributed by atoms with Gasteiger partial charge in [-0.1, -0.05) is 13.8 Å². The molecule has 0 amide bonds. The first-order valence-corrected chi connectivity index (χ1v) is 4.36. The molecule has 1 rings (SSSR count). The van der Waals surface area contributed by atoms with Crippen LogP contribution in [0.5, 0.6) is 5.88 Å². The minimum Gasteiger partial charge on any atom is -0.477 e. The van der Waals surface area contributed by atoms with Crippen LogP contribution >= 0.6 is 0 Å². The number of aromatic nitrogens is 2. The smallest absolute Gasteiger partial charge is 0.216 e. The Morgan fingerprint density at radius 1 is 1.46 bits per heavy atom. The summed E-state index contributed by atoms with van der Waals surface area (Å²) in [5.41, 5.74) is 6.23. The molecule has 0 aliphatic heterocycles. The van der Waals surface area contributed by atoms with E-state index in [1.165, 1.54) is 6.33 Å². The maximum absolute atomic E-state index is 5.43. The fourth-order valence-corrected chi connectivity index (χ4v) is 0.820. The predicted octanol–water partition coefficient (Wildman–Crippen LogP) is 0.970. The van der Waals surface area contributed by atoms with Gasteiger partial charge >= 0.3 is 0 Å². The minimum atomic E-state index is 0.417. The largest absolute Gasteiger partial charge is 0.477 e. The van der Waals surface area contributed by atoms with E-state index in [1.54, 1.807) is 6.07 Å². The molecular formula is C9H15N3O. The number of hydrogen-bond acceptors (Lipinski definition) is 4. The molecule has 0 radical (unpaired) electrons. The van der Waals surface area contributed by atoms with Crippen molar-refractivity contribution in [1.29, 1.82) is 0 Å². The number of ether oxygens (including phenoxy) is 1. The Morgan fingerprint density at radius 2 is 2.23 bits per heavy atom. The van der Waals surface area contributed by atoms with E-state index in [2.05, 4.69) is 23.8 Å². The first kappa shape index (κ1) is 9.92. The van der Waals surface area contributed by atoms with Gasteiger partial charge in [0, 0.05) is 12.6 Å². The summed E-state index contributed by atoms with van der Waals surface area (Å²) in [5, 5.41) is 0. The lowest BCUT2D eigenvalue weighted by molar-refractivity contribution is 0.260. The fraction of sp³-hybridized carbons (Fsp3) is 0.556. The maximum Gasteiger partial charge on any atom is 0.216 e. The summed E-state index contributed by atoms with van der Waals surface area (Å²) < 4.78 is 5.40. The molecule has 72 valence electrons. The minimum absolute atomic E-state index is 0.417. The quantitative estimate of drug-likeness (QED) is 0.751. The van der Waals surface area contributed by atoms with Gasteiger partial charge in [-0.2, -0.15) is 0 Å². The summed E-state index contributed by atoms with van der Waals surface area (Å²) in [6.45, 7) is 5.26. The average molecular weight is 181 g/mol. The van der Waals surface area contributed by atoms with Gasteiger partial charge in [-0.05, 0) is 5.92 Å².